The number of halogens is 2. The molecule has 2 aromatic carbocycles. The van der Waals surface area contributed by atoms with Crippen molar-refractivity contribution in [2.45, 2.75) is 88.2 Å². The number of para-hydroxylation sites is 1. The van der Waals surface area contributed by atoms with Crippen LogP contribution in [0.25, 0.3) is 21.8 Å². The first kappa shape index (κ1) is 38.3. The lowest BCUT2D eigenvalue weighted by Gasteiger charge is -2.41. The molecule has 3 aromatic heterocycles. The van der Waals surface area contributed by atoms with Gasteiger partial charge in [0.25, 0.3) is 11.8 Å². The number of aromatic nitrogens is 5. The summed E-state index contributed by atoms with van der Waals surface area (Å²) in [4.78, 5) is 43.4. The maximum Gasteiger partial charge on any atom is 0.267 e. The van der Waals surface area contributed by atoms with Crippen molar-refractivity contribution in [3.8, 4) is 6.07 Å². The summed E-state index contributed by atoms with van der Waals surface area (Å²) in [5, 5.41) is 36.5. The van der Waals surface area contributed by atoms with Gasteiger partial charge >= 0.3 is 0 Å². The first-order valence-corrected chi connectivity index (χ1v) is 19.5. The van der Waals surface area contributed by atoms with E-state index in [4.69, 9.17) is 5.10 Å². The van der Waals surface area contributed by atoms with Crippen LogP contribution in [0.2, 0.25) is 0 Å². The Bertz CT molecular complexity index is 2440. The highest BCUT2D eigenvalue weighted by Gasteiger charge is 2.47. The number of nitriles is 1. The Balaban J connectivity index is 0.918. The number of nitrogens with zero attached hydrogens (tertiary/aromatic N) is 7. The average molecular weight is 778 g/mol. The number of likely N-dealkylation sites (tertiary alicyclic amines) is 1. The van der Waals surface area contributed by atoms with Gasteiger partial charge < -0.3 is 10.4 Å². The molecule has 3 aliphatic rings. The molecule has 3 fully saturated rings. The van der Waals surface area contributed by atoms with Gasteiger partial charge in [-0.25, -0.2) is 8.78 Å². The van der Waals surface area contributed by atoms with Gasteiger partial charge in [-0.3, -0.25) is 38.9 Å². The molecule has 2 aliphatic heterocycles. The van der Waals surface area contributed by atoms with Crippen molar-refractivity contribution in [2.24, 2.45) is 13.0 Å². The van der Waals surface area contributed by atoms with Gasteiger partial charge in [0.05, 0.1) is 57.9 Å². The lowest BCUT2D eigenvalue weighted by Crippen LogP contribution is -2.49. The summed E-state index contributed by atoms with van der Waals surface area (Å²) in [6.07, 6.45) is 8.97. The van der Waals surface area contributed by atoms with Crippen LogP contribution in [0, 0.1) is 17.2 Å². The van der Waals surface area contributed by atoms with E-state index in [0.717, 1.165) is 31.1 Å². The van der Waals surface area contributed by atoms with Crippen LogP contribution in [0.1, 0.15) is 109 Å². The summed E-state index contributed by atoms with van der Waals surface area (Å²) in [5.74, 6) is -5.48. The van der Waals surface area contributed by atoms with E-state index in [1.54, 1.807) is 49.8 Å². The highest BCUT2D eigenvalue weighted by molar-refractivity contribution is 6.06. The molecule has 1 saturated carbocycles. The average Bonchev–Trinajstić information content (AvgIpc) is 3.74. The van der Waals surface area contributed by atoms with Crippen LogP contribution < -0.4 is 10.6 Å². The van der Waals surface area contributed by atoms with Gasteiger partial charge in [0.1, 0.15) is 6.07 Å². The van der Waals surface area contributed by atoms with Gasteiger partial charge in [-0.15, -0.1) is 0 Å². The number of benzene rings is 2. The molecule has 5 heterocycles. The summed E-state index contributed by atoms with van der Waals surface area (Å²) < 4.78 is 35.9. The topological polar surface area (TPSA) is 171 Å². The Hall–Kier alpha value is -5.59. The molecule has 296 valence electrons. The number of aryl methyl sites for hydroxylation is 1. The number of hydrogen-bond donors (Lipinski definition) is 3. The molecule has 2 atom stereocenters. The zero-order valence-corrected chi connectivity index (χ0v) is 32.1. The van der Waals surface area contributed by atoms with Crippen molar-refractivity contribution in [1.29, 1.82) is 5.26 Å². The highest BCUT2D eigenvalue weighted by Crippen LogP contribution is 2.45. The summed E-state index contributed by atoms with van der Waals surface area (Å²) >= 11 is 0. The normalized spacial score (nSPS) is 23.0. The summed E-state index contributed by atoms with van der Waals surface area (Å²) in [7, 11) is 1.72. The van der Waals surface area contributed by atoms with E-state index >= 15 is 8.78 Å². The number of amides is 3. The SMILES string of the molecule is Cn1nc([C@H]2CCC(=O)NC2=O)c2cccc([C@@H]3CCN(CC4CCC(n5cc6cc(NC(=O)c7cncc(C#N)c7)c(C(C)(C)O)cc6n5)CC4)CC3(F)F)c21. The Kier molecular flexibility index (Phi) is 9.89. The number of aliphatic hydroxyl groups is 1. The molecule has 0 unspecified atom stereocenters. The molecule has 2 saturated heterocycles. The van der Waals surface area contributed by atoms with E-state index in [1.165, 1.54) is 18.5 Å². The van der Waals surface area contributed by atoms with E-state index < -0.39 is 35.2 Å². The van der Waals surface area contributed by atoms with Crippen LogP contribution in [-0.4, -0.2) is 77.8 Å². The fraction of sp³-hybridized carbons (Fsp3) is 0.452. The number of anilines is 1. The first-order valence-electron chi connectivity index (χ1n) is 19.5. The van der Waals surface area contributed by atoms with Crippen molar-refractivity contribution in [3.63, 3.8) is 0 Å². The van der Waals surface area contributed by atoms with E-state index in [0.29, 0.717) is 64.9 Å². The van der Waals surface area contributed by atoms with Crippen LogP contribution in [0.15, 0.2) is 55.0 Å². The van der Waals surface area contributed by atoms with Crippen LogP contribution >= 0.6 is 0 Å². The predicted molar refractivity (Wildman–Crippen MR) is 207 cm³/mol. The number of rotatable bonds is 8. The smallest absolute Gasteiger partial charge is 0.267 e. The molecular weight excluding hydrogens is 733 g/mol. The maximum absolute atomic E-state index is 16.1. The van der Waals surface area contributed by atoms with Crippen molar-refractivity contribution in [3.05, 3.63) is 82.9 Å². The lowest BCUT2D eigenvalue weighted by atomic mass is 9.82. The third kappa shape index (κ3) is 7.51. The first-order chi connectivity index (χ1) is 27.2. The van der Waals surface area contributed by atoms with Crippen molar-refractivity contribution >= 4 is 45.2 Å². The molecule has 0 spiro atoms. The molecule has 5 aromatic rings. The number of hydrogen-bond acceptors (Lipinski definition) is 9. The fourth-order valence-electron chi connectivity index (χ4n) is 9.10. The van der Waals surface area contributed by atoms with Gasteiger partial charge in [-0.05, 0) is 88.6 Å². The molecule has 0 bridgehead atoms. The van der Waals surface area contributed by atoms with E-state index in [1.807, 2.05) is 27.9 Å². The number of imide groups is 1. The maximum atomic E-state index is 16.1. The second-order valence-corrected chi connectivity index (χ2v) is 16.4. The molecule has 3 amide bonds. The quantitative estimate of drug-likeness (QED) is 0.159. The van der Waals surface area contributed by atoms with Crippen LogP contribution in [0.4, 0.5) is 14.5 Å². The zero-order chi connectivity index (χ0) is 40.2. The predicted octanol–water partition coefficient (Wildman–Crippen LogP) is 6.05. The Morgan fingerprint density at radius 1 is 1.09 bits per heavy atom. The van der Waals surface area contributed by atoms with E-state index in [9.17, 15) is 24.8 Å². The van der Waals surface area contributed by atoms with Gasteiger partial charge in [0.2, 0.25) is 11.8 Å². The molecule has 57 heavy (non-hydrogen) atoms. The monoisotopic (exact) mass is 777 g/mol. The molecule has 1 aliphatic carbocycles. The molecule has 3 N–H and O–H groups in total. The second kappa shape index (κ2) is 14.7. The number of carbonyl (C=O) groups excluding carboxylic acids is 3. The second-order valence-electron chi connectivity index (χ2n) is 16.4. The molecule has 15 heteroatoms. The van der Waals surface area contributed by atoms with Crippen molar-refractivity contribution < 1.29 is 28.3 Å². The largest absolute Gasteiger partial charge is 0.386 e. The summed E-state index contributed by atoms with van der Waals surface area (Å²) in [6, 6.07) is 12.5. The van der Waals surface area contributed by atoms with Crippen LogP contribution in [-0.2, 0) is 22.2 Å². The molecule has 0 radical (unpaired) electrons. The fourth-order valence-corrected chi connectivity index (χ4v) is 9.10. The van der Waals surface area contributed by atoms with Gasteiger partial charge in [-0.1, -0.05) is 18.2 Å². The summed E-state index contributed by atoms with van der Waals surface area (Å²) in [5.41, 5.74) is 2.46. The van der Waals surface area contributed by atoms with Gasteiger partial charge in [-0.2, -0.15) is 15.5 Å². The number of nitrogens with one attached hydrogen (secondary N) is 2. The third-order valence-corrected chi connectivity index (χ3v) is 12.0. The van der Waals surface area contributed by atoms with Crippen LogP contribution in [0.5, 0.6) is 0 Å². The minimum absolute atomic E-state index is 0.119. The zero-order valence-electron chi connectivity index (χ0n) is 32.1. The highest BCUT2D eigenvalue weighted by atomic mass is 19.3. The minimum atomic E-state index is -2.98. The third-order valence-electron chi connectivity index (χ3n) is 12.0. The molecular formula is C42H45F2N9O4. The van der Waals surface area contributed by atoms with E-state index in [-0.39, 0.29) is 42.0 Å². The number of fused-ring (bicyclic) bond motifs is 2. The molecule has 13 nitrogen and oxygen atoms in total. The summed E-state index contributed by atoms with van der Waals surface area (Å²) in [6.45, 7) is 4.08. The Labute approximate surface area is 328 Å². The van der Waals surface area contributed by atoms with Crippen molar-refractivity contribution in [1.82, 2.24) is 34.8 Å². The van der Waals surface area contributed by atoms with E-state index in [2.05, 4.69) is 20.7 Å². The lowest BCUT2D eigenvalue weighted by molar-refractivity contribution is -0.134. The number of piperidine rings is 2. The number of alkyl halides is 2. The Morgan fingerprint density at radius 2 is 1.88 bits per heavy atom. The number of carbonyl (C=O) groups is 3. The van der Waals surface area contributed by atoms with Gasteiger partial charge in [0, 0.05) is 60.6 Å². The van der Waals surface area contributed by atoms with Crippen molar-refractivity contribution in [2.75, 3.05) is 25.0 Å². The van der Waals surface area contributed by atoms with Gasteiger partial charge in [0.15, 0.2) is 0 Å². The van der Waals surface area contributed by atoms with Crippen LogP contribution in [0.3, 0.4) is 0 Å². The minimum Gasteiger partial charge on any atom is -0.386 e. The Morgan fingerprint density at radius 3 is 2.60 bits per heavy atom. The molecule has 8 rings (SSSR count). The standard InChI is InChI=1S/C42H45F2N9O4/c1-41(2,57)33-17-34-27(16-35(33)47-39(55)26-15-25(18-45)19-46-20-26)22-53(49-34)28-9-7-24(8-10-28)21-52-14-13-32(42(43,44)23-52)29-5-4-6-30-37(50-51(3)38(29)30)31-11-12-36(54)48-40(31)56/h4-6,15-17,19-20,22,24,28,31-32,57H,7-14,21,23H2,1-3H3,(H,47,55)(H,48,54,56)/t24?,28?,31-,32+/m1/s1. The number of pyridine rings is 1.